The Kier molecular flexibility index (Phi) is 3.64. The first-order valence-corrected chi connectivity index (χ1v) is 7.55. The Hall–Kier alpha value is -2.30. The molecule has 5 nitrogen and oxygen atoms in total. The number of carboxylic acid groups (broad SMARTS) is 1. The van der Waals surface area contributed by atoms with Crippen molar-refractivity contribution >= 4 is 22.8 Å². The largest absolute Gasteiger partial charge is 0.481 e. The number of amides is 1. The molecule has 1 aromatic heterocycles. The van der Waals surface area contributed by atoms with Gasteiger partial charge in [-0.25, -0.2) is 0 Å². The van der Waals surface area contributed by atoms with Crippen LogP contribution in [0.4, 0.5) is 0 Å². The average molecular weight is 300 g/mol. The lowest BCUT2D eigenvalue weighted by atomic mass is 9.90. The quantitative estimate of drug-likeness (QED) is 0.910. The van der Waals surface area contributed by atoms with Crippen LogP contribution in [0.15, 0.2) is 30.5 Å². The van der Waals surface area contributed by atoms with Gasteiger partial charge >= 0.3 is 5.97 Å². The Morgan fingerprint density at radius 1 is 1.36 bits per heavy atom. The molecular formula is C17H20N2O3. The third-order valence-corrected chi connectivity index (χ3v) is 4.59. The van der Waals surface area contributed by atoms with Gasteiger partial charge in [-0.05, 0) is 48.9 Å². The summed E-state index contributed by atoms with van der Waals surface area (Å²) in [6.45, 7) is 2.57. The molecule has 1 saturated heterocycles. The fraction of sp³-hybridized carbons (Fsp3) is 0.412. The zero-order valence-corrected chi connectivity index (χ0v) is 12.6. The molecular weight excluding hydrogens is 280 g/mol. The lowest BCUT2D eigenvalue weighted by molar-refractivity contribution is -0.147. The van der Waals surface area contributed by atoms with Gasteiger partial charge < -0.3 is 15.0 Å². The van der Waals surface area contributed by atoms with Gasteiger partial charge in [0.2, 0.25) is 5.91 Å². The number of nitrogens with one attached hydrogen (secondary N) is 1. The second-order valence-electron chi connectivity index (χ2n) is 6.33. The molecule has 0 saturated carbocycles. The second kappa shape index (κ2) is 5.48. The van der Waals surface area contributed by atoms with E-state index in [1.165, 1.54) is 0 Å². The van der Waals surface area contributed by atoms with Crippen molar-refractivity contribution in [2.24, 2.45) is 5.41 Å². The maximum Gasteiger partial charge on any atom is 0.311 e. The Balaban J connectivity index is 1.59. The van der Waals surface area contributed by atoms with Gasteiger partial charge in [-0.15, -0.1) is 0 Å². The van der Waals surface area contributed by atoms with E-state index in [2.05, 4.69) is 11.1 Å². The Morgan fingerprint density at radius 3 is 2.91 bits per heavy atom. The van der Waals surface area contributed by atoms with Gasteiger partial charge in [0.25, 0.3) is 0 Å². The van der Waals surface area contributed by atoms with Gasteiger partial charge in [-0.3, -0.25) is 9.59 Å². The van der Waals surface area contributed by atoms with Gasteiger partial charge in [0.05, 0.1) is 5.41 Å². The van der Waals surface area contributed by atoms with E-state index in [4.69, 9.17) is 0 Å². The van der Waals surface area contributed by atoms with Crippen molar-refractivity contribution in [3.05, 3.63) is 36.0 Å². The number of hydrogen-bond acceptors (Lipinski definition) is 2. The molecule has 0 radical (unpaired) electrons. The summed E-state index contributed by atoms with van der Waals surface area (Å²) in [5.41, 5.74) is 1.42. The molecule has 1 fully saturated rings. The molecule has 1 aromatic carbocycles. The SMILES string of the molecule is C[C@@]1(C(=O)O)CCN(C(=O)CCc2ccc3[nH]ccc3c2)C1. The van der Waals surface area contributed by atoms with Crippen molar-refractivity contribution in [2.45, 2.75) is 26.2 Å². The van der Waals surface area contributed by atoms with Crippen LogP contribution >= 0.6 is 0 Å². The van der Waals surface area contributed by atoms with E-state index in [1.54, 1.807) is 11.8 Å². The number of aliphatic carboxylic acids is 1. The summed E-state index contributed by atoms with van der Waals surface area (Å²) < 4.78 is 0. The maximum absolute atomic E-state index is 12.3. The molecule has 2 heterocycles. The van der Waals surface area contributed by atoms with Crippen LogP contribution in [-0.2, 0) is 16.0 Å². The third-order valence-electron chi connectivity index (χ3n) is 4.59. The monoisotopic (exact) mass is 300 g/mol. The highest BCUT2D eigenvalue weighted by molar-refractivity contribution is 5.82. The second-order valence-corrected chi connectivity index (χ2v) is 6.33. The minimum Gasteiger partial charge on any atom is -0.481 e. The van der Waals surface area contributed by atoms with Gasteiger partial charge in [0, 0.05) is 31.2 Å². The molecule has 22 heavy (non-hydrogen) atoms. The summed E-state index contributed by atoms with van der Waals surface area (Å²) in [5, 5.41) is 10.4. The number of carbonyl (C=O) groups is 2. The lowest BCUT2D eigenvalue weighted by Gasteiger charge is -2.20. The Morgan fingerprint density at radius 2 is 2.18 bits per heavy atom. The standard InChI is InChI=1S/C17H20N2O3/c1-17(16(21)22)7-9-19(11-17)15(20)5-3-12-2-4-14-13(10-12)6-8-18-14/h2,4,6,8,10,18H,3,5,7,9,11H2,1H3,(H,21,22)/t17-/m1/s1. The van der Waals surface area contributed by atoms with Crippen molar-refractivity contribution in [3.63, 3.8) is 0 Å². The molecule has 1 atom stereocenters. The number of aryl methyl sites for hydroxylation is 1. The number of H-pyrrole nitrogens is 1. The van der Waals surface area contributed by atoms with Crippen LogP contribution in [0.5, 0.6) is 0 Å². The highest BCUT2D eigenvalue weighted by Gasteiger charge is 2.41. The van der Waals surface area contributed by atoms with E-state index in [0.717, 1.165) is 16.5 Å². The summed E-state index contributed by atoms with van der Waals surface area (Å²) in [6, 6.07) is 8.15. The number of aromatic amines is 1. The van der Waals surface area contributed by atoms with Gasteiger partial charge in [0.1, 0.15) is 0 Å². The summed E-state index contributed by atoms with van der Waals surface area (Å²) >= 11 is 0. The van der Waals surface area contributed by atoms with Gasteiger partial charge in [-0.2, -0.15) is 0 Å². The van der Waals surface area contributed by atoms with Crippen LogP contribution in [0.3, 0.4) is 0 Å². The predicted octanol–water partition coefficient (Wildman–Crippen LogP) is 2.42. The van der Waals surface area contributed by atoms with Gasteiger partial charge in [-0.1, -0.05) is 6.07 Å². The zero-order valence-electron chi connectivity index (χ0n) is 12.6. The third kappa shape index (κ3) is 2.71. The van der Waals surface area contributed by atoms with E-state index in [0.29, 0.717) is 32.4 Å². The summed E-state index contributed by atoms with van der Waals surface area (Å²) in [6.07, 6.45) is 3.53. The normalized spacial score (nSPS) is 21.4. The smallest absolute Gasteiger partial charge is 0.311 e. The number of nitrogens with zero attached hydrogens (tertiary/aromatic N) is 1. The summed E-state index contributed by atoms with van der Waals surface area (Å²) in [7, 11) is 0. The molecule has 2 N–H and O–H groups in total. The number of carbonyl (C=O) groups excluding carboxylic acids is 1. The lowest BCUT2D eigenvalue weighted by Crippen LogP contribution is -2.34. The Bertz CT molecular complexity index is 722. The fourth-order valence-electron chi connectivity index (χ4n) is 3.02. The number of rotatable bonds is 4. The predicted molar refractivity (Wildman–Crippen MR) is 83.6 cm³/mol. The first-order valence-electron chi connectivity index (χ1n) is 7.55. The summed E-state index contributed by atoms with van der Waals surface area (Å²) in [4.78, 5) is 28.3. The van der Waals surface area contributed by atoms with Crippen LogP contribution in [-0.4, -0.2) is 40.0 Å². The number of likely N-dealkylation sites (tertiary alicyclic amines) is 1. The maximum atomic E-state index is 12.3. The molecule has 0 spiro atoms. The molecule has 5 heteroatoms. The van der Waals surface area contributed by atoms with Crippen LogP contribution in [0.2, 0.25) is 0 Å². The van der Waals surface area contributed by atoms with E-state index >= 15 is 0 Å². The molecule has 116 valence electrons. The highest BCUT2D eigenvalue weighted by atomic mass is 16.4. The van der Waals surface area contributed by atoms with E-state index in [-0.39, 0.29) is 5.91 Å². The van der Waals surface area contributed by atoms with Crippen LogP contribution < -0.4 is 0 Å². The molecule has 0 aliphatic carbocycles. The molecule has 2 aromatic rings. The number of aromatic nitrogens is 1. The first kappa shape index (κ1) is 14.6. The van der Waals surface area contributed by atoms with E-state index in [1.807, 2.05) is 24.4 Å². The molecule has 3 rings (SSSR count). The molecule has 1 aliphatic heterocycles. The number of benzene rings is 1. The zero-order chi connectivity index (χ0) is 15.7. The molecule has 1 aliphatic rings. The first-order chi connectivity index (χ1) is 10.5. The minimum absolute atomic E-state index is 0.0409. The van der Waals surface area contributed by atoms with Crippen molar-refractivity contribution in [1.29, 1.82) is 0 Å². The molecule has 0 unspecified atom stereocenters. The van der Waals surface area contributed by atoms with Crippen LogP contribution in [0, 0.1) is 5.41 Å². The highest BCUT2D eigenvalue weighted by Crippen LogP contribution is 2.30. The average Bonchev–Trinajstić information content (AvgIpc) is 3.11. The van der Waals surface area contributed by atoms with E-state index in [9.17, 15) is 14.7 Å². The topological polar surface area (TPSA) is 73.4 Å². The molecule has 0 bridgehead atoms. The van der Waals surface area contributed by atoms with Crippen LogP contribution in [0.1, 0.15) is 25.3 Å². The van der Waals surface area contributed by atoms with Crippen molar-refractivity contribution < 1.29 is 14.7 Å². The van der Waals surface area contributed by atoms with Crippen molar-refractivity contribution in [1.82, 2.24) is 9.88 Å². The minimum atomic E-state index is -0.819. The summed E-state index contributed by atoms with van der Waals surface area (Å²) in [5.74, 6) is -0.778. The fourth-order valence-corrected chi connectivity index (χ4v) is 3.02. The van der Waals surface area contributed by atoms with Crippen molar-refractivity contribution in [3.8, 4) is 0 Å². The number of hydrogen-bond donors (Lipinski definition) is 2. The van der Waals surface area contributed by atoms with E-state index < -0.39 is 11.4 Å². The van der Waals surface area contributed by atoms with Crippen LogP contribution in [0.25, 0.3) is 10.9 Å². The van der Waals surface area contributed by atoms with Gasteiger partial charge in [0.15, 0.2) is 0 Å². The number of carboxylic acids is 1. The molecule has 1 amide bonds. The van der Waals surface area contributed by atoms with Crippen molar-refractivity contribution in [2.75, 3.05) is 13.1 Å². The Labute approximate surface area is 128 Å². The number of fused-ring (bicyclic) bond motifs is 1.